The number of urea groups is 1. The van der Waals surface area contributed by atoms with Crippen molar-refractivity contribution in [1.29, 1.82) is 0 Å². The zero-order valence-corrected chi connectivity index (χ0v) is 19.3. The van der Waals surface area contributed by atoms with Gasteiger partial charge in [0, 0.05) is 23.2 Å². The molecule has 8 heteroatoms. The Hall–Kier alpha value is -3.65. The normalized spacial score (nSPS) is 15.8. The number of aryl methyl sites for hydroxylation is 1. The van der Waals surface area contributed by atoms with Gasteiger partial charge in [-0.2, -0.15) is 0 Å². The molecule has 1 saturated heterocycles. The first-order valence-corrected chi connectivity index (χ1v) is 11.5. The van der Waals surface area contributed by atoms with Crippen LogP contribution < -0.4 is 15.0 Å². The molecule has 2 aromatic carbocycles. The summed E-state index contributed by atoms with van der Waals surface area (Å²) in [4.78, 5) is 43.3. The van der Waals surface area contributed by atoms with Gasteiger partial charge in [-0.25, -0.2) is 9.69 Å². The maximum atomic E-state index is 13.4. The van der Waals surface area contributed by atoms with Crippen molar-refractivity contribution in [2.45, 2.75) is 25.8 Å². The highest BCUT2D eigenvalue weighted by atomic mass is 32.1. The van der Waals surface area contributed by atoms with Crippen LogP contribution >= 0.6 is 11.3 Å². The van der Waals surface area contributed by atoms with Crippen LogP contribution in [0.5, 0.6) is 5.75 Å². The van der Waals surface area contributed by atoms with Crippen molar-refractivity contribution < 1.29 is 19.1 Å². The number of amides is 4. The molecule has 0 unspecified atom stereocenters. The van der Waals surface area contributed by atoms with Gasteiger partial charge in [-0.15, -0.1) is 11.3 Å². The van der Waals surface area contributed by atoms with Crippen LogP contribution in [0.15, 0.2) is 66.0 Å². The molecule has 3 aromatic rings. The van der Waals surface area contributed by atoms with Crippen LogP contribution in [-0.2, 0) is 16.0 Å². The van der Waals surface area contributed by atoms with Crippen LogP contribution in [0.1, 0.15) is 16.9 Å². The van der Waals surface area contributed by atoms with Gasteiger partial charge in [0.25, 0.3) is 5.91 Å². The minimum Gasteiger partial charge on any atom is -0.497 e. The molecular formula is C25H25N3O4S. The second kappa shape index (κ2) is 9.87. The Morgan fingerprint density at radius 2 is 1.88 bits per heavy atom. The third kappa shape index (κ3) is 4.90. The number of imide groups is 1. The lowest BCUT2D eigenvalue weighted by atomic mass is 10.1. The number of ether oxygens (including phenoxy) is 1. The summed E-state index contributed by atoms with van der Waals surface area (Å²) in [5, 5.41) is 4.82. The minimum atomic E-state index is -0.882. The van der Waals surface area contributed by atoms with E-state index in [0.717, 1.165) is 15.3 Å². The lowest BCUT2D eigenvalue weighted by Gasteiger charge is -2.21. The molecule has 170 valence electrons. The zero-order chi connectivity index (χ0) is 23.4. The monoisotopic (exact) mass is 463 g/mol. The van der Waals surface area contributed by atoms with Gasteiger partial charge in [0.1, 0.15) is 11.8 Å². The van der Waals surface area contributed by atoms with Gasteiger partial charge in [0.05, 0.1) is 19.2 Å². The van der Waals surface area contributed by atoms with Crippen molar-refractivity contribution in [2.24, 2.45) is 0 Å². The number of hydrogen-bond acceptors (Lipinski definition) is 5. The van der Waals surface area contributed by atoms with E-state index in [-0.39, 0.29) is 12.3 Å². The summed E-state index contributed by atoms with van der Waals surface area (Å²) in [5.74, 6) is -0.198. The number of anilines is 2. The Bertz CT molecular complexity index is 1160. The highest BCUT2D eigenvalue weighted by Crippen LogP contribution is 2.30. The molecule has 4 amide bonds. The lowest BCUT2D eigenvalue weighted by Crippen LogP contribution is -2.39. The molecule has 0 saturated carbocycles. The first-order chi connectivity index (χ1) is 16.0. The standard InChI is InChI=1S/C25H25N3O4S/c1-17-12-14-33-22(17)11-13-27-21(16-23(29)26-18-7-4-3-5-8-18)24(30)28(25(27)31)19-9-6-10-20(15-19)32-2/h3-10,12,14-15,21H,11,13,16H2,1-2H3,(H,26,29)/t21-/m0/s1. The molecule has 1 N–H and O–H groups in total. The molecule has 0 bridgehead atoms. The largest absolute Gasteiger partial charge is 0.497 e. The molecule has 0 spiro atoms. The number of nitrogens with zero attached hydrogens (tertiary/aromatic N) is 2. The van der Waals surface area contributed by atoms with E-state index >= 15 is 0 Å². The number of hydrogen-bond donors (Lipinski definition) is 1. The Balaban J connectivity index is 1.58. The van der Waals surface area contributed by atoms with Gasteiger partial charge in [-0.3, -0.25) is 9.59 Å². The molecule has 1 aromatic heterocycles. The summed E-state index contributed by atoms with van der Waals surface area (Å²) in [6.07, 6.45) is 0.495. The molecule has 7 nitrogen and oxygen atoms in total. The third-order valence-electron chi connectivity index (χ3n) is 5.61. The topological polar surface area (TPSA) is 79.0 Å². The number of carbonyl (C=O) groups excluding carboxylic acids is 3. The summed E-state index contributed by atoms with van der Waals surface area (Å²) in [6.45, 7) is 2.37. The Labute approximate surface area is 196 Å². The fraction of sp³-hybridized carbons (Fsp3) is 0.240. The summed E-state index contributed by atoms with van der Waals surface area (Å²) in [5.41, 5.74) is 2.22. The van der Waals surface area contributed by atoms with E-state index < -0.39 is 18.0 Å². The highest BCUT2D eigenvalue weighted by molar-refractivity contribution is 7.10. The van der Waals surface area contributed by atoms with E-state index in [4.69, 9.17) is 4.74 Å². The highest BCUT2D eigenvalue weighted by Gasteiger charge is 2.46. The third-order valence-corrected chi connectivity index (χ3v) is 6.70. The van der Waals surface area contributed by atoms with Gasteiger partial charge in [0.15, 0.2) is 0 Å². The fourth-order valence-electron chi connectivity index (χ4n) is 3.87. The van der Waals surface area contributed by atoms with Crippen LogP contribution in [0, 0.1) is 6.92 Å². The number of benzene rings is 2. The first kappa shape index (κ1) is 22.5. The fourth-order valence-corrected chi connectivity index (χ4v) is 4.77. The number of methoxy groups -OCH3 is 1. The van der Waals surface area contributed by atoms with Gasteiger partial charge < -0.3 is 15.0 Å². The summed E-state index contributed by atoms with van der Waals surface area (Å²) >= 11 is 1.62. The molecular weight excluding hydrogens is 438 g/mol. The maximum absolute atomic E-state index is 13.4. The van der Waals surface area contributed by atoms with Crippen molar-refractivity contribution in [1.82, 2.24) is 4.90 Å². The molecule has 0 radical (unpaired) electrons. The summed E-state index contributed by atoms with van der Waals surface area (Å²) in [6, 6.07) is 16.6. The molecule has 1 aliphatic heterocycles. The number of rotatable bonds is 8. The van der Waals surface area contributed by atoms with E-state index in [0.29, 0.717) is 30.1 Å². The van der Waals surface area contributed by atoms with Gasteiger partial charge in [-0.05, 0) is 54.6 Å². The van der Waals surface area contributed by atoms with Gasteiger partial charge in [-0.1, -0.05) is 24.3 Å². The second-order valence-corrected chi connectivity index (χ2v) is 8.76. The van der Waals surface area contributed by atoms with Crippen molar-refractivity contribution in [3.8, 4) is 5.75 Å². The molecule has 4 rings (SSSR count). The van der Waals surface area contributed by atoms with E-state index in [1.165, 1.54) is 12.0 Å². The first-order valence-electron chi connectivity index (χ1n) is 10.6. The maximum Gasteiger partial charge on any atom is 0.332 e. The number of carbonyl (C=O) groups is 3. The molecule has 1 aliphatic rings. The average Bonchev–Trinajstić information content (AvgIpc) is 3.33. The molecule has 1 fully saturated rings. The van der Waals surface area contributed by atoms with Crippen molar-refractivity contribution >= 4 is 40.6 Å². The number of nitrogens with one attached hydrogen (secondary N) is 1. The zero-order valence-electron chi connectivity index (χ0n) is 18.5. The van der Waals surface area contributed by atoms with Crippen molar-refractivity contribution in [3.63, 3.8) is 0 Å². The summed E-state index contributed by atoms with van der Waals surface area (Å²) < 4.78 is 5.25. The SMILES string of the molecule is COc1cccc(N2C(=O)[C@H](CC(=O)Nc3ccccc3)N(CCc3sccc3C)C2=O)c1. The minimum absolute atomic E-state index is 0.122. The molecule has 33 heavy (non-hydrogen) atoms. The van der Waals surface area contributed by atoms with Gasteiger partial charge in [0.2, 0.25) is 5.91 Å². The van der Waals surface area contributed by atoms with Crippen LogP contribution in [-0.4, -0.2) is 42.4 Å². The average molecular weight is 464 g/mol. The number of thiophene rings is 1. The predicted molar refractivity (Wildman–Crippen MR) is 129 cm³/mol. The molecule has 2 heterocycles. The quantitative estimate of drug-likeness (QED) is 0.500. The molecule has 1 atom stereocenters. The summed E-state index contributed by atoms with van der Waals surface area (Å²) in [7, 11) is 1.53. The molecule has 0 aliphatic carbocycles. The van der Waals surface area contributed by atoms with E-state index in [9.17, 15) is 14.4 Å². The van der Waals surface area contributed by atoms with E-state index in [1.807, 2.05) is 36.6 Å². The van der Waals surface area contributed by atoms with E-state index in [2.05, 4.69) is 5.32 Å². The Kier molecular flexibility index (Phi) is 6.74. The second-order valence-electron chi connectivity index (χ2n) is 7.76. The van der Waals surface area contributed by atoms with Crippen molar-refractivity contribution in [3.05, 3.63) is 76.5 Å². The Morgan fingerprint density at radius 3 is 2.58 bits per heavy atom. The van der Waals surface area contributed by atoms with Crippen LogP contribution in [0.25, 0.3) is 0 Å². The number of para-hydroxylation sites is 1. The van der Waals surface area contributed by atoms with E-state index in [1.54, 1.807) is 47.7 Å². The smallest absolute Gasteiger partial charge is 0.332 e. The van der Waals surface area contributed by atoms with Crippen LogP contribution in [0.2, 0.25) is 0 Å². The van der Waals surface area contributed by atoms with Gasteiger partial charge >= 0.3 is 6.03 Å². The van der Waals surface area contributed by atoms with Crippen LogP contribution in [0.3, 0.4) is 0 Å². The Morgan fingerprint density at radius 1 is 1.09 bits per heavy atom. The predicted octanol–water partition coefficient (Wildman–Crippen LogP) is 4.47. The van der Waals surface area contributed by atoms with Crippen LogP contribution in [0.4, 0.5) is 16.2 Å². The van der Waals surface area contributed by atoms with Crippen molar-refractivity contribution in [2.75, 3.05) is 23.9 Å². The lowest BCUT2D eigenvalue weighted by molar-refractivity contribution is -0.124.